The standard InChI is InChI=1S/C18H22N2O2S/c1-12-11-19-9-8-14(12)17(16-7-6-13(2)23-16)20-10-4-3-5-15(20)18(21)22/h6-9,11,15,17H,3-5,10H2,1-2H3,(H,21,22). The number of hydrogen-bond donors (Lipinski definition) is 1. The number of pyridine rings is 1. The number of carboxylic acids is 1. The summed E-state index contributed by atoms with van der Waals surface area (Å²) in [6.07, 6.45) is 6.42. The highest BCUT2D eigenvalue weighted by molar-refractivity contribution is 7.12. The molecule has 3 heterocycles. The predicted octanol–water partition coefficient (Wildman–Crippen LogP) is 3.79. The average molecular weight is 330 g/mol. The SMILES string of the molecule is Cc1ccc(C(c2ccncc2C)N2CCCCC2C(=O)O)s1. The number of nitrogens with zero attached hydrogens (tertiary/aromatic N) is 2. The maximum Gasteiger partial charge on any atom is 0.320 e. The Labute approximate surface area is 140 Å². The first-order valence-electron chi connectivity index (χ1n) is 8.03. The lowest BCUT2D eigenvalue weighted by Gasteiger charge is -2.39. The predicted molar refractivity (Wildman–Crippen MR) is 91.9 cm³/mol. The summed E-state index contributed by atoms with van der Waals surface area (Å²) >= 11 is 1.75. The van der Waals surface area contributed by atoms with Crippen molar-refractivity contribution in [2.45, 2.75) is 45.2 Å². The van der Waals surface area contributed by atoms with Gasteiger partial charge in [0.2, 0.25) is 0 Å². The molecule has 122 valence electrons. The Hall–Kier alpha value is -1.72. The summed E-state index contributed by atoms with van der Waals surface area (Å²) < 4.78 is 0. The Balaban J connectivity index is 2.08. The normalized spacial score (nSPS) is 20.3. The summed E-state index contributed by atoms with van der Waals surface area (Å²) in [6, 6.07) is 5.87. The second-order valence-electron chi connectivity index (χ2n) is 6.17. The van der Waals surface area contributed by atoms with E-state index in [0.717, 1.165) is 36.9 Å². The van der Waals surface area contributed by atoms with Gasteiger partial charge in [-0.05, 0) is 62.6 Å². The smallest absolute Gasteiger partial charge is 0.320 e. The number of hydrogen-bond acceptors (Lipinski definition) is 4. The molecule has 1 saturated heterocycles. The third-order valence-electron chi connectivity index (χ3n) is 4.55. The minimum absolute atomic E-state index is 0.00176. The number of aromatic nitrogens is 1. The highest BCUT2D eigenvalue weighted by Crippen LogP contribution is 2.38. The van der Waals surface area contributed by atoms with E-state index < -0.39 is 12.0 Å². The Morgan fingerprint density at radius 2 is 2.17 bits per heavy atom. The van der Waals surface area contributed by atoms with E-state index in [9.17, 15) is 9.90 Å². The minimum atomic E-state index is -0.713. The Kier molecular flexibility index (Phi) is 4.78. The van der Waals surface area contributed by atoms with Crippen LogP contribution in [0.5, 0.6) is 0 Å². The van der Waals surface area contributed by atoms with Gasteiger partial charge in [-0.1, -0.05) is 6.42 Å². The van der Waals surface area contributed by atoms with Crippen LogP contribution in [0.4, 0.5) is 0 Å². The molecule has 23 heavy (non-hydrogen) atoms. The molecule has 5 heteroatoms. The molecule has 0 amide bonds. The number of aryl methyl sites for hydroxylation is 2. The number of carbonyl (C=O) groups is 1. The number of likely N-dealkylation sites (tertiary alicyclic amines) is 1. The van der Waals surface area contributed by atoms with Crippen molar-refractivity contribution in [2.75, 3.05) is 6.54 Å². The summed E-state index contributed by atoms with van der Waals surface area (Å²) in [7, 11) is 0. The molecular weight excluding hydrogens is 308 g/mol. The summed E-state index contributed by atoms with van der Waals surface area (Å²) in [6.45, 7) is 4.96. The van der Waals surface area contributed by atoms with E-state index in [1.54, 1.807) is 17.5 Å². The zero-order valence-electron chi connectivity index (χ0n) is 13.5. The van der Waals surface area contributed by atoms with Crippen molar-refractivity contribution < 1.29 is 9.90 Å². The molecule has 0 aromatic carbocycles. The average Bonchev–Trinajstić information content (AvgIpc) is 2.96. The summed E-state index contributed by atoms with van der Waals surface area (Å²) in [5.41, 5.74) is 2.27. The van der Waals surface area contributed by atoms with E-state index in [-0.39, 0.29) is 6.04 Å². The largest absolute Gasteiger partial charge is 0.480 e. The van der Waals surface area contributed by atoms with Crippen LogP contribution in [-0.2, 0) is 4.79 Å². The van der Waals surface area contributed by atoms with Gasteiger partial charge < -0.3 is 5.11 Å². The van der Waals surface area contributed by atoms with Crippen molar-refractivity contribution >= 4 is 17.3 Å². The van der Waals surface area contributed by atoms with Crippen molar-refractivity contribution in [3.63, 3.8) is 0 Å². The molecule has 0 saturated carbocycles. The number of thiophene rings is 1. The molecule has 1 aliphatic rings. The van der Waals surface area contributed by atoms with Gasteiger partial charge in [-0.3, -0.25) is 14.7 Å². The Bertz CT molecular complexity index is 698. The van der Waals surface area contributed by atoms with Gasteiger partial charge in [0, 0.05) is 22.1 Å². The van der Waals surface area contributed by atoms with Crippen LogP contribution in [0, 0.1) is 13.8 Å². The molecular formula is C18H22N2O2S. The van der Waals surface area contributed by atoms with Crippen LogP contribution in [-0.4, -0.2) is 33.5 Å². The topological polar surface area (TPSA) is 53.4 Å². The number of rotatable bonds is 4. The molecule has 1 aliphatic heterocycles. The van der Waals surface area contributed by atoms with E-state index in [4.69, 9.17) is 0 Å². The highest BCUT2D eigenvalue weighted by atomic mass is 32.1. The lowest BCUT2D eigenvalue weighted by Crippen LogP contribution is -2.46. The van der Waals surface area contributed by atoms with Crippen LogP contribution in [0.3, 0.4) is 0 Å². The fourth-order valence-corrected chi connectivity index (χ4v) is 4.43. The van der Waals surface area contributed by atoms with E-state index in [2.05, 4.69) is 35.9 Å². The maximum absolute atomic E-state index is 11.8. The molecule has 2 atom stereocenters. The summed E-state index contributed by atoms with van der Waals surface area (Å²) in [5, 5.41) is 9.68. The molecule has 4 nitrogen and oxygen atoms in total. The zero-order chi connectivity index (χ0) is 16.4. The minimum Gasteiger partial charge on any atom is -0.480 e. The summed E-state index contributed by atoms with van der Waals surface area (Å²) in [4.78, 5) is 20.6. The zero-order valence-corrected chi connectivity index (χ0v) is 14.3. The first-order chi connectivity index (χ1) is 11.1. The van der Waals surface area contributed by atoms with Gasteiger partial charge in [-0.25, -0.2) is 0 Å². The molecule has 0 spiro atoms. The molecule has 2 unspecified atom stereocenters. The van der Waals surface area contributed by atoms with Crippen molar-refractivity contribution in [2.24, 2.45) is 0 Å². The number of carboxylic acid groups (broad SMARTS) is 1. The van der Waals surface area contributed by atoms with Gasteiger partial charge in [0.05, 0.1) is 6.04 Å². The Morgan fingerprint density at radius 3 is 2.83 bits per heavy atom. The molecule has 0 aliphatic carbocycles. The van der Waals surface area contributed by atoms with Crippen LogP contribution >= 0.6 is 11.3 Å². The molecule has 1 N–H and O–H groups in total. The highest BCUT2D eigenvalue weighted by Gasteiger charge is 2.36. The first-order valence-corrected chi connectivity index (χ1v) is 8.85. The van der Waals surface area contributed by atoms with E-state index in [1.165, 1.54) is 9.75 Å². The van der Waals surface area contributed by atoms with Crippen molar-refractivity contribution in [3.05, 3.63) is 51.5 Å². The monoisotopic (exact) mass is 330 g/mol. The maximum atomic E-state index is 11.8. The van der Waals surface area contributed by atoms with Crippen molar-refractivity contribution in [1.82, 2.24) is 9.88 Å². The van der Waals surface area contributed by atoms with Gasteiger partial charge in [0.1, 0.15) is 6.04 Å². The molecule has 0 bridgehead atoms. The van der Waals surface area contributed by atoms with Gasteiger partial charge in [-0.15, -0.1) is 11.3 Å². The van der Waals surface area contributed by atoms with Crippen LogP contribution in [0.15, 0.2) is 30.6 Å². The molecule has 2 aromatic rings. The van der Waals surface area contributed by atoms with Gasteiger partial charge in [0.25, 0.3) is 0 Å². The van der Waals surface area contributed by atoms with E-state index >= 15 is 0 Å². The fraction of sp³-hybridized carbons (Fsp3) is 0.444. The third-order valence-corrected chi connectivity index (χ3v) is 5.60. The van der Waals surface area contributed by atoms with E-state index in [1.807, 2.05) is 12.3 Å². The fourth-order valence-electron chi connectivity index (χ4n) is 3.41. The second kappa shape index (κ2) is 6.81. The summed E-state index contributed by atoms with van der Waals surface area (Å²) in [5.74, 6) is -0.713. The second-order valence-corrected chi connectivity index (χ2v) is 7.49. The van der Waals surface area contributed by atoms with Crippen LogP contribution in [0.2, 0.25) is 0 Å². The van der Waals surface area contributed by atoms with Crippen LogP contribution in [0.1, 0.15) is 46.2 Å². The quantitative estimate of drug-likeness (QED) is 0.927. The van der Waals surface area contributed by atoms with Crippen molar-refractivity contribution in [3.8, 4) is 0 Å². The number of aliphatic carboxylic acids is 1. The number of piperidine rings is 1. The molecule has 1 fully saturated rings. The van der Waals surface area contributed by atoms with Gasteiger partial charge >= 0.3 is 5.97 Å². The van der Waals surface area contributed by atoms with Crippen molar-refractivity contribution in [1.29, 1.82) is 0 Å². The first kappa shape index (κ1) is 16.1. The lowest BCUT2D eigenvalue weighted by molar-refractivity contribution is -0.145. The Morgan fingerprint density at radius 1 is 1.35 bits per heavy atom. The van der Waals surface area contributed by atoms with E-state index in [0.29, 0.717) is 0 Å². The van der Waals surface area contributed by atoms with Gasteiger partial charge in [0.15, 0.2) is 0 Å². The van der Waals surface area contributed by atoms with Crippen LogP contribution < -0.4 is 0 Å². The van der Waals surface area contributed by atoms with Crippen LogP contribution in [0.25, 0.3) is 0 Å². The third kappa shape index (κ3) is 3.31. The van der Waals surface area contributed by atoms with Gasteiger partial charge in [-0.2, -0.15) is 0 Å². The molecule has 3 rings (SSSR count). The molecule has 0 radical (unpaired) electrons. The molecule has 2 aromatic heterocycles. The lowest BCUT2D eigenvalue weighted by atomic mass is 9.94.